The van der Waals surface area contributed by atoms with Crippen molar-refractivity contribution in [3.63, 3.8) is 0 Å². The van der Waals surface area contributed by atoms with Crippen molar-refractivity contribution in [2.75, 3.05) is 7.04 Å². The smallest absolute Gasteiger partial charge is 0.212 e. The Hall–Kier alpha value is -1.05. The first-order chi connectivity index (χ1) is 5.08. The number of pyridine rings is 1. The first kappa shape index (κ1) is 2.49. The van der Waals surface area contributed by atoms with E-state index in [0.29, 0.717) is 0 Å². The van der Waals surface area contributed by atoms with E-state index < -0.39 is 7.04 Å². The molecule has 0 saturated carbocycles. The predicted octanol–water partition coefficient (Wildman–Crippen LogP) is 1.09. The van der Waals surface area contributed by atoms with Crippen molar-refractivity contribution in [3.8, 4) is 5.88 Å². The largest absolute Gasteiger partial charge is 0.481 e. The molecule has 0 aliphatic rings. The van der Waals surface area contributed by atoms with Crippen LogP contribution in [-0.2, 0) is 0 Å². The Balaban J connectivity index is 2.66. The average molecular weight is 112 g/mol. The third-order valence-corrected chi connectivity index (χ3v) is 0.742. The molecule has 1 aromatic rings. The topological polar surface area (TPSA) is 22.1 Å². The Morgan fingerprint density at radius 1 is 1.75 bits per heavy atom. The summed E-state index contributed by atoms with van der Waals surface area (Å²) in [6.45, 7) is 0. The van der Waals surface area contributed by atoms with Gasteiger partial charge in [0.15, 0.2) is 0 Å². The fourth-order valence-electron chi connectivity index (χ4n) is 0.407. The van der Waals surface area contributed by atoms with Gasteiger partial charge >= 0.3 is 0 Å². The highest BCUT2D eigenvalue weighted by atomic mass is 16.5. The molecule has 0 spiro atoms. The average Bonchev–Trinajstić information content (AvgIpc) is 1.85. The van der Waals surface area contributed by atoms with Crippen molar-refractivity contribution in [2.45, 2.75) is 0 Å². The number of aromatic nitrogens is 1. The van der Waals surface area contributed by atoms with Gasteiger partial charge in [0.2, 0.25) is 5.88 Å². The zero-order valence-electron chi connectivity index (χ0n) is 7.16. The normalized spacial score (nSPS) is 15.8. The highest BCUT2D eigenvalue weighted by Gasteiger charge is 1.82. The van der Waals surface area contributed by atoms with Gasteiger partial charge < -0.3 is 4.74 Å². The molecule has 1 rings (SSSR count). The summed E-state index contributed by atoms with van der Waals surface area (Å²) >= 11 is 0. The summed E-state index contributed by atoms with van der Waals surface area (Å²) in [6.07, 6.45) is 1.47. The van der Waals surface area contributed by atoms with E-state index in [1.807, 2.05) is 0 Å². The highest BCUT2D eigenvalue weighted by molar-refractivity contribution is 5.08. The molecule has 0 bridgehead atoms. The molecule has 0 aromatic carbocycles. The summed E-state index contributed by atoms with van der Waals surface area (Å²) in [5.41, 5.74) is 0. The molecule has 0 radical (unpaired) electrons. The first-order valence-electron chi connectivity index (χ1n) is 3.68. The van der Waals surface area contributed by atoms with Crippen molar-refractivity contribution in [1.82, 2.24) is 4.98 Å². The zero-order chi connectivity index (χ0) is 8.32. The summed E-state index contributed by atoms with van der Waals surface area (Å²) < 4.78 is 24.7. The quantitative estimate of drug-likeness (QED) is 0.542. The molecule has 0 aliphatic heterocycles. The van der Waals surface area contributed by atoms with Crippen LogP contribution in [0.2, 0.25) is 0 Å². The maximum Gasteiger partial charge on any atom is 0.212 e. The van der Waals surface area contributed by atoms with Gasteiger partial charge in [0.25, 0.3) is 0 Å². The fraction of sp³-hybridized carbons (Fsp3) is 0.167. The molecule has 2 heteroatoms. The Morgan fingerprint density at radius 2 is 2.75 bits per heavy atom. The van der Waals surface area contributed by atoms with Crippen LogP contribution in [0.3, 0.4) is 0 Å². The van der Waals surface area contributed by atoms with Gasteiger partial charge in [0.1, 0.15) is 0 Å². The monoisotopic (exact) mass is 112 g/mol. The number of nitrogens with zero attached hydrogens (tertiary/aromatic N) is 1. The Labute approximate surface area is 52.3 Å². The molecule has 0 N–H and O–H groups in total. The lowest BCUT2D eigenvalue weighted by Crippen LogP contribution is -1.83. The first-order valence-corrected chi connectivity index (χ1v) is 2.18. The maximum atomic E-state index is 6.74. The maximum absolute atomic E-state index is 6.74. The molecule has 8 heavy (non-hydrogen) atoms. The van der Waals surface area contributed by atoms with E-state index in [9.17, 15) is 0 Å². The predicted molar refractivity (Wildman–Crippen MR) is 30.8 cm³/mol. The van der Waals surface area contributed by atoms with Crippen LogP contribution in [0.1, 0.15) is 4.11 Å². The van der Waals surface area contributed by atoms with Gasteiger partial charge in [-0.3, -0.25) is 0 Å². The van der Waals surface area contributed by atoms with Crippen LogP contribution in [-0.4, -0.2) is 12.0 Å². The Morgan fingerprint density at radius 3 is 3.38 bits per heavy atom. The lowest BCUT2D eigenvalue weighted by Gasteiger charge is -1.92. The van der Waals surface area contributed by atoms with Crippen LogP contribution < -0.4 is 4.74 Å². The van der Waals surface area contributed by atoms with E-state index in [0.717, 1.165) is 0 Å². The standard InChI is InChI=1S/C6H7NO/c1-8-6-4-2-3-5-7-6/h2-5H,1H3/i1D3. The minimum atomic E-state index is -2.41. The number of hydrogen-bond acceptors (Lipinski definition) is 2. The van der Waals surface area contributed by atoms with Gasteiger partial charge in [0.05, 0.1) is 11.2 Å². The van der Waals surface area contributed by atoms with E-state index >= 15 is 0 Å². The molecular formula is C6H7NO. The number of methoxy groups -OCH3 is 1. The second-order valence-electron chi connectivity index (χ2n) is 1.27. The SMILES string of the molecule is [2H]C([2H])([2H])Oc1ccccn1. The fourth-order valence-corrected chi connectivity index (χ4v) is 0.407. The molecule has 1 heterocycles. The van der Waals surface area contributed by atoms with Crippen molar-refractivity contribution in [1.29, 1.82) is 0 Å². The molecule has 0 atom stereocenters. The number of rotatable bonds is 1. The van der Waals surface area contributed by atoms with E-state index in [1.165, 1.54) is 12.3 Å². The molecule has 0 unspecified atom stereocenters. The van der Waals surface area contributed by atoms with Gasteiger partial charge in [-0.2, -0.15) is 0 Å². The van der Waals surface area contributed by atoms with Crippen LogP contribution in [0.15, 0.2) is 24.4 Å². The molecule has 1 aromatic heterocycles. The van der Waals surface area contributed by atoms with Crippen molar-refractivity contribution >= 4 is 0 Å². The second kappa shape index (κ2) is 2.31. The molecule has 42 valence electrons. The van der Waals surface area contributed by atoms with Gasteiger partial charge in [-0.25, -0.2) is 4.98 Å². The Bertz CT molecular complexity index is 221. The van der Waals surface area contributed by atoms with Crippen molar-refractivity contribution in [3.05, 3.63) is 24.4 Å². The third kappa shape index (κ3) is 0.964. The van der Waals surface area contributed by atoms with E-state index in [2.05, 4.69) is 9.72 Å². The molecule has 0 amide bonds. The number of hydrogen-bond donors (Lipinski definition) is 0. The molecular weight excluding hydrogens is 102 g/mol. The summed E-state index contributed by atoms with van der Waals surface area (Å²) in [7, 11) is -2.41. The van der Waals surface area contributed by atoms with E-state index in [1.54, 1.807) is 12.1 Å². The Kier molecular flexibility index (Phi) is 0.717. The second-order valence-corrected chi connectivity index (χ2v) is 1.27. The molecule has 0 saturated heterocycles. The minimum absolute atomic E-state index is 0.118. The summed E-state index contributed by atoms with van der Waals surface area (Å²) in [5, 5.41) is 0. The van der Waals surface area contributed by atoms with Crippen molar-refractivity contribution in [2.24, 2.45) is 0 Å². The van der Waals surface area contributed by atoms with Crippen LogP contribution in [0.4, 0.5) is 0 Å². The summed E-state index contributed by atoms with van der Waals surface area (Å²) in [5.74, 6) is 0.118. The van der Waals surface area contributed by atoms with Crippen molar-refractivity contribution < 1.29 is 8.85 Å². The highest BCUT2D eigenvalue weighted by Crippen LogP contribution is 1.99. The lowest BCUT2D eigenvalue weighted by molar-refractivity contribution is 0.398. The third-order valence-electron chi connectivity index (χ3n) is 0.742. The van der Waals surface area contributed by atoms with Crippen LogP contribution >= 0.6 is 0 Å². The lowest BCUT2D eigenvalue weighted by atomic mass is 10.5. The minimum Gasteiger partial charge on any atom is -0.481 e. The zero-order valence-corrected chi connectivity index (χ0v) is 4.16. The molecule has 0 fully saturated rings. The van der Waals surface area contributed by atoms with Crippen LogP contribution in [0.5, 0.6) is 5.88 Å². The van der Waals surface area contributed by atoms with Gasteiger partial charge in [-0.15, -0.1) is 0 Å². The van der Waals surface area contributed by atoms with Crippen LogP contribution in [0.25, 0.3) is 0 Å². The summed E-state index contributed by atoms with van der Waals surface area (Å²) in [6, 6.07) is 4.84. The van der Waals surface area contributed by atoms with Gasteiger partial charge in [0, 0.05) is 12.3 Å². The molecule has 2 nitrogen and oxygen atoms in total. The van der Waals surface area contributed by atoms with Crippen LogP contribution in [0, 0.1) is 0 Å². The molecule has 0 aliphatic carbocycles. The van der Waals surface area contributed by atoms with E-state index in [-0.39, 0.29) is 5.88 Å². The van der Waals surface area contributed by atoms with Gasteiger partial charge in [-0.1, -0.05) is 6.07 Å². The van der Waals surface area contributed by atoms with Gasteiger partial charge in [-0.05, 0) is 6.07 Å². The summed E-state index contributed by atoms with van der Waals surface area (Å²) in [4.78, 5) is 3.68. The van der Waals surface area contributed by atoms with E-state index in [4.69, 9.17) is 4.11 Å². The number of ether oxygens (including phenoxy) is 1.